The minimum atomic E-state index is 0.587. The molecule has 0 aliphatic carbocycles. The van der Waals surface area contributed by atoms with Gasteiger partial charge < -0.3 is 14.8 Å². The Kier molecular flexibility index (Phi) is 5.93. The monoisotopic (exact) mass is 271 g/mol. The third-order valence-corrected chi connectivity index (χ3v) is 2.87. The molecule has 0 saturated carbocycles. The van der Waals surface area contributed by atoms with Crippen LogP contribution in [0.15, 0.2) is 54.6 Å². The van der Waals surface area contributed by atoms with E-state index < -0.39 is 0 Å². The summed E-state index contributed by atoms with van der Waals surface area (Å²) >= 11 is 0. The third-order valence-electron chi connectivity index (χ3n) is 2.87. The Bertz CT molecular complexity index is 499. The van der Waals surface area contributed by atoms with Gasteiger partial charge in [-0.2, -0.15) is 0 Å². The van der Waals surface area contributed by atoms with Crippen molar-refractivity contribution in [2.24, 2.45) is 0 Å². The molecule has 2 rings (SSSR count). The summed E-state index contributed by atoms with van der Waals surface area (Å²) in [6.45, 7) is 4.71. The molecule has 0 atom stereocenters. The largest absolute Gasteiger partial charge is 0.491 e. The van der Waals surface area contributed by atoms with Gasteiger partial charge in [-0.3, -0.25) is 0 Å². The Morgan fingerprint density at radius 2 is 1.80 bits per heavy atom. The van der Waals surface area contributed by atoms with E-state index in [9.17, 15) is 0 Å². The summed E-state index contributed by atoms with van der Waals surface area (Å²) in [6, 6.07) is 18.3. The average Bonchev–Trinajstić information content (AvgIpc) is 2.51. The predicted octanol–water partition coefficient (Wildman–Crippen LogP) is 3.71. The molecule has 0 aromatic heterocycles. The van der Waals surface area contributed by atoms with E-state index in [1.165, 1.54) is 5.56 Å². The van der Waals surface area contributed by atoms with Crippen molar-refractivity contribution in [1.82, 2.24) is 0 Å². The average molecular weight is 271 g/mol. The second kappa shape index (κ2) is 8.23. The Morgan fingerprint density at radius 1 is 0.950 bits per heavy atom. The van der Waals surface area contributed by atoms with Gasteiger partial charge in [-0.05, 0) is 36.8 Å². The normalized spacial score (nSPS) is 10.2. The molecule has 0 bridgehead atoms. The molecule has 0 fully saturated rings. The fourth-order valence-electron chi connectivity index (χ4n) is 1.87. The summed E-state index contributed by atoms with van der Waals surface area (Å²) < 4.78 is 10.9. The van der Waals surface area contributed by atoms with Crippen molar-refractivity contribution in [3.63, 3.8) is 0 Å². The Morgan fingerprint density at radius 3 is 2.60 bits per heavy atom. The molecular weight excluding hydrogens is 250 g/mol. The first-order chi connectivity index (χ1) is 9.88. The SMILES string of the molecule is CCOCCOc1cccc(CNc2ccccc2)c1. The van der Waals surface area contributed by atoms with Crippen LogP contribution in [0.4, 0.5) is 5.69 Å². The van der Waals surface area contributed by atoms with Crippen LogP contribution in [0.5, 0.6) is 5.75 Å². The third kappa shape index (κ3) is 4.94. The van der Waals surface area contributed by atoms with Gasteiger partial charge in [0.25, 0.3) is 0 Å². The van der Waals surface area contributed by atoms with Gasteiger partial charge in [-0.25, -0.2) is 0 Å². The van der Waals surface area contributed by atoms with Gasteiger partial charge in [0.2, 0.25) is 0 Å². The molecule has 0 saturated heterocycles. The summed E-state index contributed by atoms with van der Waals surface area (Å²) in [6.07, 6.45) is 0. The van der Waals surface area contributed by atoms with Crippen molar-refractivity contribution >= 4 is 5.69 Å². The van der Waals surface area contributed by atoms with Gasteiger partial charge in [0.05, 0.1) is 6.61 Å². The molecule has 3 heteroatoms. The molecule has 0 aliphatic heterocycles. The van der Waals surface area contributed by atoms with E-state index in [1.54, 1.807) is 0 Å². The molecular formula is C17H21NO2. The minimum absolute atomic E-state index is 0.587. The summed E-state index contributed by atoms with van der Waals surface area (Å²) in [4.78, 5) is 0. The fourth-order valence-corrected chi connectivity index (χ4v) is 1.87. The van der Waals surface area contributed by atoms with Crippen molar-refractivity contribution < 1.29 is 9.47 Å². The predicted molar refractivity (Wildman–Crippen MR) is 82.2 cm³/mol. The highest BCUT2D eigenvalue weighted by Crippen LogP contribution is 2.15. The molecule has 20 heavy (non-hydrogen) atoms. The number of hydrogen-bond acceptors (Lipinski definition) is 3. The summed E-state index contributed by atoms with van der Waals surface area (Å²) in [5.41, 5.74) is 2.32. The first-order valence-corrected chi connectivity index (χ1v) is 6.97. The second-order valence-electron chi connectivity index (χ2n) is 4.41. The van der Waals surface area contributed by atoms with Crippen LogP contribution in [0.3, 0.4) is 0 Å². The zero-order chi connectivity index (χ0) is 14.0. The maximum absolute atomic E-state index is 5.65. The standard InChI is InChI=1S/C17H21NO2/c1-2-19-11-12-20-17-10-6-7-15(13-17)14-18-16-8-4-3-5-9-16/h3-10,13,18H,2,11-12,14H2,1H3. The molecule has 0 heterocycles. The van der Waals surface area contributed by atoms with Crippen molar-refractivity contribution in [2.45, 2.75) is 13.5 Å². The molecule has 0 aliphatic rings. The fraction of sp³-hybridized carbons (Fsp3) is 0.294. The van der Waals surface area contributed by atoms with Crippen LogP contribution in [-0.4, -0.2) is 19.8 Å². The van der Waals surface area contributed by atoms with Crippen LogP contribution in [0.2, 0.25) is 0 Å². The van der Waals surface area contributed by atoms with E-state index in [2.05, 4.69) is 29.6 Å². The molecule has 2 aromatic rings. The van der Waals surface area contributed by atoms with Gasteiger partial charge >= 0.3 is 0 Å². The van der Waals surface area contributed by atoms with Crippen LogP contribution in [0, 0.1) is 0 Å². The van der Waals surface area contributed by atoms with Crippen LogP contribution in [-0.2, 0) is 11.3 Å². The van der Waals surface area contributed by atoms with Crippen molar-refractivity contribution in [1.29, 1.82) is 0 Å². The van der Waals surface area contributed by atoms with Gasteiger partial charge in [-0.15, -0.1) is 0 Å². The number of ether oxygens (including phenoxy) is 2. The van der Waals surface area contributed by atoms with E-state index in [-0.39, 0.29) is 0 Å². The number of para-hydroxylation sites is 1. The van der Waals surface area contributed by atoms with Gasteiger partial charge in [0, 0.05) is 18.8 Å². The number of nitrogens with one attached hydrogen (secondary N) is 1. The molecule has 0 spiro atoms. The summed E-state index contributed by atoms with van der Waals surface area (Å²) in [7, 11) is 0. The van der Waals surface area contributed by atoms with E-state index in [0.29, 0.717) is 13.2 Å². The smallest absolute Gasteiger partial charge is 0.119 e. The molecule has 1 N–H and O–H groups in total. The highest BCUT2D eigenvalue weighted by molar-refractivity contribution is 5.43. The topological polar surface area (TPSA) is 30.5 Å². The van der Waals surface area contributed by atoms with E-state index in [0.717, 1.165) is 24.6 Å². The Balaban J connectivity index is 1.83. The Labute approximate surface area is 120 Å². The van der Waals surface area contributed by atoms with Crippen molar-refractivity contribution in [3.8, 4) is 5.75 Å². The lowest BCUT2D eigenvalue weighted by molar-refractivity contribution is 0.110. The molecule has 2 aromatic carbocycles. The quantitative estimate of drug-likeness (QED) is 0.742. The lowest BCUT2D eigenvalue weighted by Crippen LogP contribution is -2.06. The summed E-state index contributed by atoms with van der Waals surface area (Å²) in [5.74, 6) is 0.886. The molecule has 0 amide bonds. The van der Waals surface area contributed by atoms with Crippen LogP contribution in [0.1, 0.15) is 12.5 Å². The van der Waals surface area contributed by atoms with E-state index >= 15 is 0 Å². The highest BCUT2D eigenvalue weighted by Gasteiger charge is 1.98. The van der Waals surface area contributed by atoms with Crippen molar-refractivity contribution in [2.75, 3.05) is 25.1 Å². The lowest BCUT2D eigenvalue weighted by atomic mass is 10.2. The van der Waals surface area contributed by atoms with Gasteiger partial charge in [0.15, 0.2) is 0 Å². The van der Waals surface area contributed by atoms with Gasteiger partial charge in [-0.1, -0.05) is 30.3 Å². The summed E-state index contributed by atoms with van der Waals surface area (Å²) in [5, 5.41) is 3.38. The maximum atomic E-state index is 5.65. The first-order valence-electron chi connectivity index (χ1n) is 6.97. The zero-order valence-electron chi connectivity index (χ0n) is 11.8. The number of benzene rings is 2. The zero-order valence-corrected chi connectivity index (χ0v) is 11.8. The number of rotatable bonds is 8. The van der Waals surface area contributed by atoms with E-state index in [4.69, 9.17) is 9.47 Å². The number of hydrogen-bond donors (Lipinski definition) is 1. The Hall–Kier alpha value is -2.00. The van der Waals surface area contributed by atoms with Crippen molar-refractivity contribution in [3.05, 3.63) is 60.2 Å². The molecule has 0 radical (unpaired) electrons. The first kappa shape index (κ1) is 14.4. The van der Waals surface area contributed by atoms with Crippen LogP contribution in [0.25, 0.3) is 0 Å². The highest BCUT2D eigenvalue weighted by atomic mass is 16.5. The molecule has 0 unspecified atom stereocenters. The van der Waals surface area contributed by atoms with E-state index in [1.807, 2.05) is 37.3 Å². The molecule has 3 nitrogen and oxygen atoms in total. The van der Waals surface area contributed by atoms with Gasteiger partial charge in [0.1, 0.15) is 12.4 Å². The number of anilines is 1. The lowest BCUT2D eigenvalue weighted by Gasteiger charge is -2.09. The van der Waals surface area contributed by atoms with Crippen LogP contribution < -0.4 is 10.1 Å². The maximum Gasteiger partial charge on any atom is 0.119 e. The second-order valence-corrected chi connectivity index (χ2v) is 4.41. The minimum Gasteiger partial charge on any atom is -0.491 e. The molecule has 106 valence electrons. The van der Waals surface area contributed by atoms with Crippen LogP contribution >= 0.6 is 0 Å².